The Morgan fingerprint density at radius 1 is 1.02 bits per heavy atom. The highest BCUT2D eigenvalue weighted by Crippen LogP contribution is 2.35. The molecule has 1 saturated heterocycles. The van der Waals surface area contributed by atoms with Crippen molar-refractivity contribution in [2.75, 3.05) is 44.1 Å². The number of aryl methyl sites for hydroxylation is 1. The Morgan fingerprint density at radius 2 is 1.88 bits per heavy atom. The van der Waals surface area contributed by atoms with E-state index in [9.17, 15) is 9.18 Å². The lowest BCUT2D eigenvalue weighted by Gasteiger charge is -2.31. The van der Waals surface area contributed by atoms with Crippen molar-refractivity contribution in [3.63, 3.8) is 0 Å². The fraction of sp³-hybridized carbons (Fsp3) is 0.343. The normalized spacial score (nSPS) is 19.3. The molecule has 1 amide bonds. The van der Waals surface area contributed by atoms with Gasteiger partial charge in [-0.25, -0.2) is 38.4 Å². The van der Waals surface area contributed by atoms with Gasteiger partial charge < -0.3 is 29.2 Å². The van der Waals surface area contributed by atoms with Crippen LogP contribution in [0.5, 0.6) is 5.75 Å². The van der Waals surface area contributed by atoms with Gasteiger partial charge >= 0.3 is 0 Å². The average molecular weight is 696 g/mol. The molecule has 51 heavy (non-hydrogen) atoms. The van der Waals surface area contributed by atoms with E-state index >= 15 is 4.39 Å². The number of aromatic nitrogens is 8. The zero-order valence-electron chi connectivity index (χ0n) is 28.4. The van der Waals surface area contributed by atoms with Crippen molar-refractivity contribution < 1.29 is 23.0 Å². The van der Waals surface area contributed by atoms with Crippen LogP contribution in [0.15, 0.2) is 55.1 Å². The minimum absolute atomic E-state index is 0.122. The molecule has 16 heteroatoms. The van der Waals surface area contributed by atoms with E-state index in [1.165, 1.54) is 37.7 Å². The number of carbonyl (C=O) groups is 1. The number of anilines is 2. The molecule has 0 saturated carbocycles. The largest absolute Gasteiger partial charge is 0.494 e. The molecular formula is C35H35F2N11O3. The first kappa shape index (κ1) is 32.4. The number of hydrogen-bond donors (Lipinski definition) is 1. The first-order chi connectivity index (χ1) is 24.7. The topological polar surface area (TPSA) is 141 Å². The van der Waals surface area contributed by atoms with Crippen LogP contribution in [-0.4, -0.2) is 102 Å². The summed E-state index contributed by atoms with van der Waals surface area (Å²) in [6.45, 7) is 5.25. The quantitative estimate of drug-likeness (QED) is 0.278. The SMILES string of the molecule is CCO[C@@H]1CN(C)C(=O)[C@@H]2C[C@@H](CN2c2ncnc3c2cnn3-c2ccc(F)cc2OC)Nc2nccc(n2)-c2cc(F)cc3nc(C)n(c23)C1. The maximum atomic E-state index is 15.0. The molecule has 3 atom stereocenters. The molecule has 262 valence electrons. The predicted molar refractivity (Wildman–Crippen MR) is 185 cm³/mol. The van der Waals surface area contributed by atoms with E-state index in [-0.39, 0.29) is 17.7 Å². The van der Waals surface area contributed by atoms with Crippen LogP contribution >= 0.6 is 0 Å². The number of amides is 1. The summed E-state index contributed by atoms with van der Waals surface area (Å²) in [5, 5.41) is 8.60. The van der Waals surface area contributed by atoms with Gasteiger partial charge in [0.15, 0.2) is 5.65 Å². The van der Waals surface area contributed by atoms with Gasteiger partial charge in [0.05, 0.1) is 48.1 Å². The summed E-state index contributed by atoms with van der Waals surface area (Å²) in [5.41, 5.74) is 3.30. The number of rotatable bonds is 5. The van der Waals surface area contributed by atoms with Crippen LogP contribution in [0.25, 0.3) is 39.0 Å². The number of nitrogens with one attached hydrogen (secondary N) is 1. The number of imidazole rings is 1. The van der Waals surface area contributed by atoms with Crippen molar-refractivity contribution in [3.05, 3.63) is 72.6 Å². The summed E-state index contributed by atoms with van der Waals surface area (Å²) >= 11 is 0. The van der Waals surface area contributed by atoms with Gasteiger partial charge in [0.25, 0.3) is 0 Å². The summed E-state index contributed by atoms with van der Waals surface area (Å²) in [7, 11) is 3.23. The van der Waals surface area contributed by atoms with Crippen molar-refractivity contribution in [3.8, 4) is 22.7 Å². The fourth-order valence-electron chi connectivity index (χ4n) is 7.25. The molecule has 14 nitrogen and oxygen atoms in total. The van der Waals surface area contributed by atoms with Gasteiger partial charge in [-0.3, -0.25) is 4.79 Å². The lowest BCUT2D eigenvalue weighted by Crippen LogP contribution is -2.47. The van der Waals surface area contributed by atoms with E-state index in [1.54, 1.807) is 41.2 Å². The Hall–Kier alpha value is -5.77. The minimum Gasteiger partial charge on any atom is -0.494 e. The molecule has 0 spiro atoms. The van der Waals surface area contributed by atoms with E-state index in [0.29, 0.717) is 83.7 Å². The lowest BCUT2D eigenvalue weighted by molar-refractivity contribution is -0.133. The van der Waals surface area contributed by atoms with Gasteiger partial charge in [0, 0.05) is 56.7 Å². The Morgan fingerprint density at radius 3 is 2.71 bits per heavy atom. The molecule has 6 heterocycles. The highest BCUT2D eigenvalue weighted by Gasteiger charge is 2.41. The fourth-order valence-corrected chi connectivity index (χ4v) is 7.25. The van der Waals surface area contributed by atoms with Crippen molar-refractivity contribution in [1.82, 2.24) is 44.2 Å². The minimum atomic E-state index is -0.627. The summed E-state index contributed by atoms with van der Waals surface area (Å²) in [6.07, 6.45) is 4.70. The predicted octanol–water partition coefficient (Wildman–Crippen LogP) is 4.15. The highest BCUT2D eigenvalue weighted by atomic mass is 19.1. The standard InChI is InChI=1S/C35H35F2N11O3/c1-5-51-23-16-45(3)34(49)29-13-22(43-35-38-9-8-26(44-35)24-10-21(37)11-27-31(24)46(17-23)19(2)42-27)15-47(29)32-25-14-41-48(33(25)40-18-39-32)28-7-6-20(36)12-30(28)50-4/h6-12,14,18,22-23,29H,5,13,15-17H2,1-4H3,(H,38,43,44)/t22-,23+,29-/m0/s1. The molecule has 0 radical (unpaired) electrons. The van der Waals surface area contributed by atoms with Gasteiger partial charge in [-0.2, -0.15) is 5.10 Å². The molecule has 1 N–H and O–H groups in total. The van der Waals surface area contributed by atoms with Crippen LogP contribution < -0.4 is 15.0 Å². The number of carbonyl (C=O) groups excluding carboxylic acids is 1. The maximum absolute atomic E-state index is 15.0. The Labute approximate surface area is 291 Å². The van der Waals surface area contributed by atoms with E-state index in [4.69, 9.17) is 14.5 Å². The van der Waals surface area contributed by atoms with Crippen LogP contribution in [0, 0.1) is 18.6 Å². The van der Waals surface area contributed by atoms with Crippen molar-refractivity contribution >= 4 is 39.7 Å². The smallest absolute Gasteiger partial charge is 0.245 e. The summed E-state index contributed by atoms with van der Waals surface area (Å²) < 4.78 is 44.3. The summed E-state index contributed by atoms with van der Waals surface area (Å²) in [5.74, 6) is 0.835. The van der Waals surface area contributed by atoms with Crippen molar-refractivity contribution in [2.24, 2.45) is 0 Å². The van der Waals surface area contributed by atoms with Crippen LogP contribution in [0.2, 0.25) is 0 Å². The highest BCUT2D eigenvalue weighted by molar-refractivity contribution is 5.93. The lowest BCUT2D eigenvalue weighted by atomic mass is 10.1. The number of halogens is 2. The van der Waals surface area contributed by atoms with Crippen molar-refractivity contribution in [2.45, 2.75) is 45.0 Å². The molecule has 8 rings (SSSR count). The molecule has 2 aromatic carbocycles. The maximum Gasteiger partial charge on any atom is 0.245 e. The zero-order valence-corrected chi connectivity index (χ0v) is 28.4. The number of fused-ring (bicyclic) bond motifs is 6. The molecule has 6 aromatic rings. The molecule has 1 fully saturated rings. The van der Waals surface area contributed by atoms with Gasteiger partial charge in [0.2, 0.25) is 11.9 Å². The number of nitrogens with zero attached hydrogens (tertiary/aromatic N) is 10. The monoisotopic (exact) mass is 695 g/mol. The average Bonchev–Trinajstić information content (AvgIpc) is 3.82. The number of benzene rings is 2. The van der Waals surface area contributed by atoms with E-state index in [0.717, 1.165) is 5.52 Å². The van der Waals surface area contributed by atoms with Gasteiger partial charge in [-0.1, -0.05) is 0 Å². The third kappa shape index (κ3) is 5.74. The second-order valence-electron chi connectivity index (χ2n) is 12.7. The third-order valence-electron chi connectivity index (χ3n) is 9.48. The van der Waals surface area contributed by atoms with Crippen LogP contribution in [0.1, 0.15) is 19.2 Å². The van der Waals surface area contributed by atoms with Gasteiger partial charge in [0.1, 0.15) is 47.1 Å². The third-order valence-corrected chi connectivity index (χ3v) is 9.48. The molecular weight excluding hydrogens is 660 g/mol. The summed E-state index contributed by atoms with van der Waals surface area (Å²) in [4.78, 5) is 41.3. The van der Waals surface area contributed by atoms with Gasteiger partial charge in [-0.15, -0.1) is 0 Å². The molecule has 0 unspecified atom stereocenters. The van der Waals surface area contributed by atoms with E-state index in [1.807, 2.05) is 23.3 Å². The van der Waals surface area contributed by atoms with Crippen LogP contribution in [-0.2, 0) is 16.1 Å². The first-order valence-corrected chi connectivity index (χ1v) is 16.6. The number of likely N-dealkylation sites (N-methyl/N-ethyl adjacent to an activating group) is 1. The Kier molecular flexibility index (Phi) is 8.17. The van der Waals surface area contributed by atoms with Crippen molar-refractivity contribution in [1.29, 1.82) is 0 Å². The Bertz CT molecular complexity index is 2290. The first-order valence-electron chi connectivity index (χ1n) is 16.6. The second-order valence-corrected chi connectivity index (χ2v) is 12.7. The summed E-state index contributed by atoms with van der Waals surface area (Å²) in [6, 6.07) is 7.91. The number of methoxy groups -OCH3 is 1. The van der Waals surface area contributed by atoms with Crippen LogP contribution in [0.3, 0.4) is 0 Å². The van der Waals surface area contributed by atoms with Crippen LogP contribution in [0.4, 0.5) is 20.5 Å². The molecule has 2 aliphatic heterocycles. The number of ether oxygens (including phenoxy) is 2. The van der Waals surface area contributed by atoms with E-state index < -0.39 is 23.8 Å². The molecule has 4 aromatic heterocycles. The Balaban J connectivity index is 1.23. The van der Waals surface area contributed by atoms with E-state index in [2.05, 4.69) is 30.4 Å². The molecule has 2 aliphatic rings. The molecule has 4 bridgehead atoms. The number of hydrogen-bond acceptors (Lipinski definition) is 11. The van der Waals surface area contributed by atoms with Gasteiger partial charge in [-0.05, 0) is 44.5 Å². The zero-order chi connectivity index (χ0) is 35.4. The second kappa shape index (κ2) is 12.8. The molecule has 0 aliphatic carbocycles.